The van der Waals surface area contributed by atoms with Crippen LogP contribution >= 0.6 is 0 Å². The molecule has 3 atom stereocenters. The molecule has 1 aromatic carbocycles. The zero-order valence-electron chi connectivity index (χ0n) is 15.4. The largest absolute Gasteiger partial charge is 0.350 e. The Morgan fingerprint density at radius 2 is 1.92 bits per heavy atom. The predicted molar refractivity (Wildman–Crippen MR) is 99.5 cm³/mol. The molecule has 0 unspecified atom stereocenters. The summed E-state index contributed by atoms with van der Waals surface area (Å²) in [7, 11) is 0. The van der Waals surface area contributed by atoms with Crippen LogP contribution < -0.4 is 11.1 Å². The second kappa shape index (κ2) is 9.19. The van der Waals surface area contributed by atoms with E-state index in [0.29, 0.717) is 6.04 Å². The van der Waals surface area contributed by atoms with Crippen LogP contribution in [0.15, 0.2) is 30.3 Å². The Morgan fingerprint density at radius 3 is 2.54 bits per heavy atom. The van der Waals surface area contributed by atoms with Gasteiger partial charge in [0.05, 0.1) is 6.04 Å². The van der Waals surface area contributed by atoms with Crippen molar-refractivity contribution < 1.29 is 4.79 Å². The Morgan fingerprint density at radius 1 is 1.25 bits per heavy atom. The molecule has 1 aliphatic rings. The van der Waals surface area contributed by atoms with Gasteiger partial charge in [-0.3, -0.25) is 9.69 Å². The molecule has 134 valence electrons. The first-order valence-corrected chi connectivity index (χ1v) is 9.36. The predicted octanol–water partition coefficient (Wildman–Crippen LogP) is 2.92. The van der Waals surface area contributed by atoms with E-state index in [2.05, 4.69) is 47.5 Å². The lowest BCUT2D eigenvalue weighted by Crippen LogP contribution is -2.56. The van der Waals surface area contributed by atoms with E-state index in [4.69, 9.17) is 5.73 Å². The lowest BCUT2D eigenvalue weighted by molar-refractivity contribution is -0.124. The maximum absolute atomic E-state index is 12.4. The summed E-state index contributed by atoms with van der Waals surface area (Å²) in [5.41, 5.74) is 7.36. The first-order chi connectivity index (χ1) is 11.5. The number of hydrogen-bond acceptors (Lipinski definition) is 3. The number of nitrogens with one attached hydrogen (secondary N) is 1. The van der Waals surface area contributed by atoms with Gasteiger partial charge in [0.2, 0.25) is 5.91 Å². The molecule has 0 spiro atoms. The number of carbonyl (C=O) groups excluding carboxylic acids is 1. The van der Waals surface area contributed by atoms with Crippen molar-refractivity contribution in [2.45, 2.75) is 71.1 Å². The fraction of sp³-hybridized carbons (Fsp3) is 0.650. The van der Waals surface area contributed by atoms with Crippen molar-refractivity contribution in [1.29, 1.82) is 0 Å². The molecule has 24 heavy (non-hydrogen) atoms. The smallest absolute Gasteiger partial charge is 0.237 e. The van der Waals surface area contributed by atoms with Gasteiger partial charge >= 0.3 is 0 Å². The van der Waals surface area contributed by atoms with Gasteiger partial charge in [-0.1, -0.05) is 63.9 Å². The van der Waals surface area contributed by atoms with E-state index >= 15 is 0 Å². The Labute approximate surface area is 146 Å². The van der Waals surface area contributed by atoms with Crippen LogP contribution in [0.5, 0.6) is 0 Å². The van der Waals surface area contributed by atoms with E-state index in [1.807, 2.05) is 13.8 Å². The van der Waals surface area contributed by atoms with Gasteiger partial charge < -0.3 is 11.1 Å². The highest BCUT2D eigenvalue weighted by atomic mass is 16.2. The van der Waals surface area contributed by atoms with Crippen LogP contribution in [0.1, 0.15) is 52.0 Å². The number of nitrogens with zero attached hydrogens (tertiary/aromatic N) is 1. The minimum atomic E-state index is -0.420. The van der Waals surface area contributed by atoms with Gasteiger partial charge in [-0.25, -0.2) is 0 Å². The molecule has 1 amide bonds. The standard InChI is InChI=1S/C20H33N3O/c1-4-23(14-16-10-6-5-7-11-16)18-13-9-8-12-17(18)22-20(24)19(21)15(2)3/h5-7,10-11,15,17-19H,4,8-9,12-14,21H2,1-3H3,(H,22,24)/t17-,18-,19-/m0/s1. The zero-order chi connectivity index (χ0) is 17.5. The number of benzene rings is 1. The molecule has 0 aromatic heterocycles. The lowest BCUT2D eigenvalue weighted by Gasteiger charge is -2.40. The Bertz CT molecular complexity index is 503. The molecular formula is C20H33N3O. The Hall–Kier alpha value is -1.39. The number of likely N-dealkylation sites (N-methyl/N-ethyl adjacent to an activating group) is 1. The molecule has 0 radical (unpaired) electrons. The number of nitrogens with two attached hydrogens (primary N) is 1. The summed E-state index contributed by atoms with van der Waals surface area (Å²) in [5, 5.41) is 3.25. The van der Waals surface area contributed by atoms with Crippen LogP contribution in [0.25, 0.3) is 0 Å². The van der Waals surface area contributed by atoms with E-state index in [9.17, 15) is 4.79 Å². The third-order valence-corrected chi connectivity index (χ3v) is 5.18. The molecule has 1 fully saturated rings. The van der Waals surface area contributed by atoms with E-state index in [0.717, 1.165) is 25.9 Å². The number of hydrogen-bond donors (Lipinski definition) is 2. The van der Waals surface area contributed by atoms with Crippen LogP contribution in [-0.2, 0) is 11.3 Å². The minimum Gasteiger partial charge on any atom is -0.350 e. The van der Waals surface area contributed by atoms with E-state index in [-0.39, 0.29) is 17.9 Å². The van der Waals surface area contributed by atoms with Crippen molar-refractivity contribution >= 4 is 5.91 Å². The van der Waals surface area contributed by atoms with E-state index < -0.39 is 6.04 Å². The van der Waals surface area contributed by atoms with Crippen LogP contribution in [0.2, 0.25) is 0 Å². The third-order valence-electron chi connectivity index (χ3n) is 5.18. The van der Waals surface area contributed by atoms with Gasteiger partial charge in [-0.2, -0.15) is 0 Å². The second-order valence-corrected chi connectivity index (χ2v) is 7.29. The molecule has 0 aliphatic heterocycles. The molecule has 2 rings (SSSR count). The molecular weight excluding hydrogens is 298 g/mol. The van der Waals surface area contributed by atoms with Crippen molar-refractivity contribution in [3.63, 3.8) is 0 Å². The van der Waals surface area contributed by atoms with Crippen LogP contribution in [0, 0.1) is 5.92 Å². The number of amides is 1. The molecule has 4 nitrogen and oxygen atoms in total. The second-order valence-electron chi connectivity index (χ2n) is 7.29. The molecule has 0 bridgehead atoms. The molecule has 3 N–H and O–H groups in total. The first-order valence-electron chi connectivity index (χ1n) is 9.36. The maximum Gasteiger partial charge on any atom is 0.237 e. The van der Waals surface area contributed by atoms with Gasteiger partial charge in [0, 0.05) is 18.6 Å². The molecule has 1 aliphatic carbocycles. The van der Waals surface area contributed by atoms with Crippen molar-refractivity contribution in [3.8, 4) is 0 Å². The summed E-state index contributed by atoms with van der Waals surface area (Å²) in [6.07, 6.45) is 4.61. The summed E-state index contributed by atoms with van der Waals surface area (Å²) in [6.45, 7) is 8.12. The SMILES string of the molecule is CCN(Cc1ccccc1)[C@H]1CCCC[C@@H]1NC(=O)[C@@H](N)C(C)C. The summed E-state index contributed by atoms with van der Waals surface area (Å²) in [6, 6.07) is 10.8. The van der Waals surface area contributed by atoms with Gasteiger partial charge in [-0.15, -0.1) is 0 Å². The first kappa shape index (κ1) is 18.9. The van der Waals surface area contributed by atoms with E-state index in [1.54, 1.807) is 0 Å². The summed E-state index contributed by atoms with van der Waals surface area (Å²) in [4.78, 5) is 14.9. The van der Waals surface area contributed by atoms with Crippen molar-refractivity contribution in [1.82, 2.24) is 10.2 Å². The maximum atomic E-state index is 12.4. The summed E-state index contributed by atoms with van der Waals surface area (Å²) < 4.78 is 0. The Balaban J connectivity index is 2.05. The monoisotopic (exact) mass is 331 g/mol. The summed E-state index contributed by atoms with van der Waals surface area (Å²) in [5.74, 6) is 0.163. The molecule has 0 saturated heterocycles. The van der Waals surface area contributed by atoms with E-state index in [1.165, 1.54) is 18.4 Å². The fourth-order valence-corrected chi connectivity index (χ4v) is 3.58. The normalized spacial score (nSPS) is 22.6. The molecule has 1 aromatic rings. The quantitative estimate of drug-likeness (QED) is 0.808. The van der Waals surface area contributed by atoms with Crippen molar-refractivity contribution in [2.75, 3.05) is 6.54 Å². The summed E-state index contributed by atoms with van der Waals surface area (Å²) >= 11 is 0. The average molecular weight is 332 g/mol. The fourth-order valence-electron chi connectivity index (χ4n) is 3.58. The minimum absolute atomic E-state index is 0.00216. The highest BCUT2D eigenvalue weighted by Gasteiger charge is 2.32. The number of rotatable bonds is 7. The van der Waals surface area contributed by atoms with Crippen LogP contribution in [-0.4, -0.2) is 35.5 Å². The van der Waals surface area contributed by atoms with Gasteiger partial charge in [0.1, 0.15) is 0 Å². The highest BCUT2D eigenvalue weighted by Crippen LogP contribution is 2.25. The van der Waals surface area contributed by atoms with Crippen LogP contribution in [0.4, 0.5) is 0 Å². The number of carbonyl (C=O) groups is 1. The van der Waals surface area contributed by atoms with Gasteiger partial charge in [0.25, 0.3) is 0 Å². The third kappa shape index (κ3) is 5.05. The molecule has 4 heteroatoms. The van der Waals surface area contributed by atoms with Crippen LogP contribution in [0.3, 0.4) is 0 Å². The molecule has 1 saturated carbocycles. The Kier molecular flexibility index (Phi) is 7.25. The van der Waals surface area contributed by atoms with Gasteiger partial charge in [-0.05, 0) is 30.9 Å². The molecule has 0 heterocycles. The van der Waals surface area contributed by atoms with Gasteiger partial charge in [0.15, 0.2) is 0 Å². The lowest BCUT2D eigenvalue weighted by atomic mass is 9.88. The zero-order valence-corrected chi connectivity index (χ0v) is 15.4. The van der Waals surface area contributed by atoms with Crippen molar-refractivity contribution in [3.05, 3.63) is 35.9 Å². The average Bonchev–Trinajstić information content (AvgIpc) is 2.60. The van der Waals surface area contributed by atoms with Crippen molar-refractivity contribution in [2.24, 2.45) is 11.7 Å². The highest BCUT2D eigenvalue weighted by molar-refractivity contribution is 5.82. The topological polar surface area (TPSA) is 58.4 Å².